The van der Waals surface area contributed by atoms with Gasteiger partial charge in [-0.15, -0.1) is 0 Å². The summed E-state index contributed by atoms with van der Waals surface area (Å²) in [4.78, 5) is 50.8. The van der Waals surface area contributed by atoms with E-state index in [-0.39, 0.29) is 70.0 Å². The Balaban J connectivity index is 0.00000300. The quantitative estimate of drug-likeness (QED) is 0.170. The molecule has 4 aliphatic heterocycles. The van der Waals surface area contributed by atoms with E-state index in [9.17, 15) is 29.4 Å². The van der Waals surface area contributed by atoms with E-state index in [4.69, 9.17) is 18.9 Å². The van der Waals surface area contributed by atoms with Crippen molar-refractivity contribution in [2.75, 3.05) is 28.3 Å². The number of carbonyl (C=O) groups excluding carboxylic acids is 2. The Bertz CT molecular complexity index is 1700. The molecular weight excluding hydrogens is 852 g/mol. The second-order valence-electron chi connectivity index (χ2n) is 17.3. The first-order valence-corrected chi connectivity index (χ1v) is 19.5. The lowest BCUT2D eigenvalue weighted by atomic mass is 9.38. The van der Waals surface area contributed by atoms with Gasteiger partial charge in [0.25, 0.3) is 0 Å². The van der Waals surface area contributed by atoms with Crippen molar-refractivity contribution in [1.29, 1.82) is 0 Å². The van der Waals surface area contributed by atoms with Gasteiger partial charge >= 0.3 is 23.9 Å². The van der Waals surface area contributed by atoms with Gasteiger partial charge in [-0.2, -0.15) is 0 Å². The minimum Gasteiger partial charge on any atom is -1.00 e. The van der Waals surface area contributed by atoms with Gasteiger partial charge in [0.1, 0.15) is 13.1 Å². The topological polar surface area (TPSA) is 146 Å². The molecule has 4 heterocycles. The number of ether oxygens (including phenoxy) is 4. The Morgan fingerprint density at radius 3 is 1.18 bits per heavy atom. The molecule has 7 rings (SSSR count). The van der Waals surface area contributed by atoms with E-state index in [1.807, 2.05) is 24.3 Å². The van der Waals surface area contributed by atoms with Gasteiger partial charge in [-0.05, 0) is 61.1 Å². The number of aliphatic carboxylic acids is 2. The molecule has 0 spiro atoms. The van der Waals surface area contributed by atoms with Crippen molar-refractivity contribution in [2.45, 2.75) is 115 Å². The van der Waals surface area contributed by atoms with Crippen molar-refractivity contribution in [2.24, 2.45) is 22.7 Å². The number of quaternary nitrogens is 2. The Labute approximate surface area is 350 Å². The summed E-state index contributed by atoms with van der Waals surface area (Å²) in [5.41, 5.74) is -0.501. The summed E-state index contributed by atoms with van der Waals surface area (Å²) in [5, 5.41) is 22.5. The number of hydrogen-bond donors (Lipinski definition) is 2. The largest absolute Gasteiger partial charge is 1.00 e. The highest BCUT2D eigenvalue weighted by atomic mass is 79.9. The Morgan fingerprint density at radius 2 is 0.929 bits per heavy atom. The molecule has 56 heavy (non-hydrogen) atoms. The third-order valence-electron chi connectivity index (χ3n) is 15.1. The highest BCUT2D eigenvalue weighted by molar-refractivity contribution is 5.89. The van der Waals surface area contributed by atoms with Crippen LogP contribution in [-0.4, -0.2) is 95.5 Å². The van der Waals surface area contributed by atoms with Gasteiger partial charge in [-0.3, -0.25) is 19.2 Å². The van der Waals surface area contributed by atoms with Crippen molar-refractivity contribution in [1.82, 2.24) is 0 Å². The second kappa shape index (κ2) is 16.2. The summed E-state index contributed by atoms with van der Waals surface area (Å²) >= 11 is 0. The molecule has 14 heteroatoms. The van der Waals surface area contributed by atoms with Crippen LogP contribution >= 0.6 is 0 Å². The number of carbonyl (C=O) groups is 4. The monoisotopic (exact) mass is 906 g/mol. The molecule has 5 fully saturated rings. The first-order valence-electron chi connectivity index (χ1n) is 19.5. The van der Waals surface area contributed by atoms with Crippen molar-refractivity contribution < 1.29 is 91.3 Å². The molecule has 4 unspecified atom stereocenters. The number of hydrogen-bond acceptors (Lipinski definition) is 8. The average Bonchev–Trinajstić information content (AvgIpc) is 3.33. The van der Waals surface area contributed by atoms with E-state index in [0.717, 1.165) is 58.9 Å². The first kappa shape index (κ1) is 43.9. The van der Waals surface area contributed by atoms with Crippen molar-refractivity contribution in [3.63, 3.8) is 0 Å². The Morgan fingerprint density at radius 1 is 0.607 bits per heavy atom. The van der Waals surface area contributed by atoms with Gasteiger partial charge in [0, 0.05) is 76.3 Å². The smallest absolute Gasteiger partial charge is 0.311 e. The number of methoxy groups -OCH3 is 2. The first-order chi connectivity index (χ1) is 25.6. The van der Waals surface area contributed by atoms with Crippen LogP contribution in [0.2, 0.25) is 0 Å². The summed E-state index contributed by atoms with van der Waals surface area (Å²) in [6, 6.07) is 12.2. The van der Waals surface area contributed by atoms with Crippen LogP contribution in [-0.2, 0) is 32.3 Å². The third-order valence-corrected chi connectivity index (χ3v) is 15.1. The van der Waals surface area contributed by atoms with Crippen LogP contribution in [0.15, 0.2) is 36.4 Å². The number of nitrogens with zero attached hydrogens (tertiary/aromatic N) is 2. The van der Waals surface area contributed by atoms with E-state index >= 15 is 0 Å². The fourth-order valence-corrected chi connectivity index (χ4v) is 12.4. The molecular formula is C42H56Br2N2O10. The summed E-state index contributed by atoms with van der Waals surface area (Å²) in [6.07, 6.45) is 7.49. The molecule has 4 bridgehead atoms. The van der Waals surface area contributed by atoms with E-state index < -0.39 is 34.7 Å². The summed E-state index contributed by atoms with van der Waals surface area (Å²) < 4.78 is 23.3. The zero-order chi connectivity index (χ0) is 38.8. The maximum absolute atomic E-state index is 13.8. The fraction of sp³-hybridized carbons (Fsp3) is 0.619. The molecule has 0 amide bonds. The van der Waals surface area contributed by atoms with Crippen molar-refractivity contribution in [3.05, 3.63) is 47.5 Å². The highest BCUT2D eigenvalue weighted by Crippen LogP contribution is 2.71. The van der Waals surface area contributed by atoms with Crippen LogP contribution < -0.4 is 52.9 Å². The molecule has 0 radical (unpaired) electrons. The molecule has 1 saturated carbocycles. The van der Waals surface area contributed by atoms with Gasteiger partial charge in [0.05, 0.1) is 63.3 Å². The van der Waals surface area contributed by atoms with Gasteiger partial charge in [0.15, 0.2) is 23.0 Å². The third kappa shape index (κ3) is 6.93. The van der Waals surface area contributed by atoms with E-state index in [1.165, 1.54) is 13.8 Å². The van der Waals surface area contributed by atoms with E-state index in [0.29, 0.717) is 61.5 Å². The minimum absolute atomic E-state index is 0. The zero-order valence-corrected chi connectivity index (χ0v) is 36.4. The van der Waals surface area contributed by atoms with Gasteiger partial charge in [-0.1, -0.05) is 0 Å². The summed E-state index contributed by atoms with van der Waals surface area (Å²) in [5.74, 6) is -1.38. The normalized spacial score (nSPS) is 35.2. The predicted octanol–water partition coefficient (Wildman–Crippen LogP) is -0.0264. The molecule has 2 aromatic rings. The SMILES string of the molecule is COc1cc(C[N+]2(C)C3CCC2CC([C@@]2(C(=O)O)CC[C@@]2(C(=O)O)C2CC4CCC(C2)[N+]4(C)Cc2ccc(OC(C)=O)c(OC)c2)C3)ccc1OC(C)=O.[Br-].[Br-]. The predicted molar refractivity (Wildman–Crippen MR) is 197 cm³/mol. The molecule has 4 saturated heterocycles. The number of esters is 2. The van der Waals surface area contributed by atoms with Crippen molar-refractivity contribution >= 4 is 23.9 Å². The lowest BCUT2D eigenvalue weighted by Crippen LogP contribution is -3.00. The van der Waals surface area contributed by atoms with Crippen LogP contribution in [0.25, 0.3) is 0 Å². The van der Waals surface area contributed by atoms with Crippen LogP contribution in [0.3, 0.4) is 0 Å². The standard InChI is InChI=1S/C42H54N2O10.2BrH/c1-25(45)53-35-13-7-27(17-37(35)51-5)23-43(3)31-9-10-32(43)20-29(19-31)41(39(47)48)15-16-42(41,40(49)50)30-21-33-11-12-34(22-30)44(33,4)24-28-8-14-36(54-26(2)46)38(18-28)52-6;;/h7-8,13-14,17-18,29-34H,9-12,15-16,19-24H2,1-6H3;2*1H/t29?,30?,31?,32?,33?,34?,41-,42+,43?,44?;;. The number of piperidine rings is 2. The maximum Gasteiger partial charge on any atom is 0.311 e. The van der Waals surface area contributed by atoms with Crippen molar-refractivity contribution in [3.8, 4) is 23.0 Å². The average molecular weight is 909 g/mol. The molecule has 12 nitrogen and oxygen atoms in total. The van der Waals surface area contributed by atoms with Gasteiger partial charge in [0.2, 0.25) is 0 Å². The molecule has 308 valence electrons. The Hall–Kier alpha value is -3.20. The lowest BCUT2D eigenvalue weighted by Gasteiger charge is -2.64. The van der Waals surface area contributed by atoms with Crippen LogP contribution in [0.5, 0.6) is 23.0 Å². The molecule has 1 aliphatic carbocycles. The number of carboxylic acid groups (broad SMARTS) is 2. The number of benzene rings is 2. The number of rotatable bonds is 12. The van der Waals surface area contributed by atoms with E-state index in [2.05, 4.69) is 14.1 Å². The van der Waals surface area contributed by atoms with Crippen LogP contribution in [0, 0.1) is 22.7 Å². The number of halogens is 2. The van der Waals surface area contributed by atoms with E-state index in [1.54, 1.807) is 26.4 Å². The minimum atomic E-state index is -1.30. The number of fused-ring (bicyclic) bond motifs is 4. The molecule has 2 aromatic carbocycles. The maximum atomic E-state index is 13.8. The number of carboxylic acids is 2. The molecule has 2 N–H and O–H groups in total. The van der Waals surface area contributed by atoms with Gasteiger partial charge in [-0.25, -0.2) is 0 Å². The molecule has 5 aliphatic rings. The van der Waals surface area contributed by atoms with Gasteiger partial charge < -0.3 is 72.1 Å². The summed E-state index contributed by atoms with van der Waals surface area (Å²) in [7, 11) is 7.64. The molecule has 6 atom stereocenters. The lowest BCUT2D eigenvalue weighted by molar-refractivity contribution is -0.963. The zero-order valence-electron chi connectivity index (χ0n) is 33.2. The fourth-order valence-electron chi connectivity index (χ4n) is 12.4. The second-order valence-corrected chi connectivity index (χ2v) is 17.3. The Kier molecular flexibility index (Phi) is 12.7. The summed E-state index contributed by atoms with van der Waals surface area (Å²) in [6.45, 7) is 4.17. The molecule has 0 aromatic heterocycles. The van der Waals surface area contributed by atoms with Crippen LogP contribution in [0.1, 0.15) is 89.2 Å². The van der Waals surface area contributed by atoms with Crippen LogP contribution in [0.4, 0.5) is 0 Å². The highest BCUT2D eigenvalue weighted by Gasteiger charge is 2.76.